The molecule has 2 amide bonds. The predicted molar refractivity (Wildman–Crippen MR) is 406 cm³/mol. The van der Waals surface area contributed by atoms with Crippen molar-refractivity contribution in [2.24, 2.45) is 35.2 Å². The maximum absolute atomic E-state index is 13.0. The highest BCUT2D eigenvalue weighted by Crippen LogP contribution is 2.26. The van der Waals surface area contributed by atoms with Crippen LogP contribution in [0.15, 0.2) is 176 Å². The molecule has 110 heavy (non-hydrogen) atoms. The van der Waals surface area contributed by atoms with E-state index in [1.54, 1.807) is 150 Å². The van der Waals surface area contributed by atoms with Gasteiger partial charge in [0.05, 0.1) is 93.4 Å². The summed E-state index contributed by atoms with van der Waals surface area (Å²) in [6.45, 7) is 12.2. The van der Waals surface area contributed by atoms with E-state index < -0.39 is 63.9 Å². The highest BCUT2D eigenvalue weighted by Gasteiger charge is 2.36. The number of nitriles is 3. The lowest BCUT2D eigenvalue weighted by Crippen LogP contribution is -2.45. The number of aromatic nitrogens is 10. The summed E-state index contributed by atoms with van der Waals surface area (Å²) in [5.74, 6) is -3.11. The number of hydrogen-bond donors (Lipinski definition) is 5. The third kappa shape index (κ3) is 21.5. The fraction of sp³-hybridized carbons (Fsp3) is 0.293. The predicted octanol–water partition coefficient (Wildman–Crippen LogP) is 6.30. The molecule has 1 saturated heterocycles. The molecule has 0 saturated carbocycles. The number of carbonyl (C=O) groups is 5. The summed E-state index contributed by atoms with van der Waals surface area (Å²) in [5, 5.41) is 47.5. The number of ether oxygens (including phenoxy) is 3. The van der Waals surface area contributed by atoms with Crippen molar-refractivity contribution in [3.8, 4) is 46.6 Å². The number of alkyl halides is 1. The summed E-state index contributed by atoms with van der Waals surface area (Å²) in [5.41, 5.74) is 5.98. The van der Waals surface area contributed by atoms with Gasteiger partial charge in [0.1, 0.15) is 12.2 Å². The Balaban J connectivity index is 0.000000240. The highest BCUT2D eigenvalue weighted by molar-refractivity contribution is 9.09. The molecule has 0 radical (unpaired) electrons. The van der Waals surface area contributed by atoms with Crippen molar-refractivity contribution in [3.63, 3.8) is 0 Å². The molecule has 4 unspecified atom stereocenters. The third-order valence-electron chi connectivity index (χ3n) is 17.0. The van der Waals surface area contributed by atoms with Gasteiger partial charge in [-0.25, -0.2) is 28.2 Å². The minimum Gasteiger partial charge on any atom is -0.466 e. The van der Waals surface area contributed by atoms with Crippen LogP contribution in [0.5, 0.6) is 0 Å². The normalized spacial score (nSPS) is 12.8. The number of aliphatic hydroxyl groups excluding tert-OH is 2. The first kappa shape index (κ1) is 88.2. The molecule has 1 aliphatic rings. The largest absolute Gasteiger partial charge is 0.466 e. The zero-order chi connectivity index (χ0) is 82.0. The fourth-order valence-corrected chi connectivity index (χ4v) is 11.3. The van der Waals surface area contributed by atoms with Crippen LogP contribution in [-0.2, 0) is 79.0 Å². The van der Waals surface area contributed by atoms with Gasteiger partial charge in [-0.05, 0) is 116 Å². The van der Waals surface area contributed by atoms with Gasteiger partial charge in [0.25, 0.3) is 39.6 Å². The quantitative estimate of drug-likeness (QED) is 0.0177. The van der Waals surface area contributed by atoms with Crippen molar-refractivity contribution in [1.82, 2.24) is 52.1 Å². The number of esters is 2. The maximum atomic E-state index is 13.0. The van der Waals surface area contributed by atoms with Gasteiger partial charge in [-0.3, -0.25) is 81.0 Å². The van der Waals surface area contributed by atoms with Crippen LogP contribution >= 0.6 is 15.9 Å². The first-order chi connectivity index (χ1) is 52.2. The number of hydrogen-bond acceptors (Lipinski definition) is 20. The molecule has 0 spiro atoms. The summed E-state index contributed by atoms with van der Waals surface area (Å²) in [7, 11) is 4.03. The number of nitrogens with one attached hydrogen (secondary N) is 1. The number of halogens is 1. The molecular weight excluding hydrogens is 1510 g/mol. The number of para-hydroxylation sites is 5. The maximum Gasteiger partial charge on any atom is 0.394 e. The van der Waals surface area contributed by atoms with Gasteiger partial charge < -0.3 is 24.4 Å². The van der Waals surface area contributed by atoms with E-state index in [9.17, 15) is 58.2 Å². The molecule has 5 N–H and O–H groups in total. The van der Waals surface area contributed by atoms with Crippen molar-refractivity contribution >= 4 is 56.4 Å². The molecule has 35 heteroatoms. The molecular formula is C75H83BrN14O19S. The van der Waals surface area contributed by atoms with E-state index in [4.69, 9.17) is 47.5 Å². The van der Waals surface area contributed by atoms with Gasteiger partial charge in [0.2, 0.25) is 0 Å². The number of imide groups is 1. The molecule has 1 fully saturated rings. The summed E-state index contributed by atoms with van der Waals surface area (Å²) in [4.78, 5) is 120. The molecule has 0 bridgehead atoms. The van der Waals surface area contributed by atoms with E-state index in [-0.39, 0.29) is 77.2 Å². The molecule has 6 heterocycles. The van der Waals surface area contributed by atoms with E-state index in [1.165, 1.54) is 23.4 Å². The molecule has 11 rings (SSSR count). The van der Waals surface area contributed by atoms with Crippen LogP contribution in [-0.4, -0.2) is 130 Å². The van der Waals surface area contributed by atoms with Crippen molar-refractivity contribution in [2.45, 2.75) is 85.5 Å². The Morgan fingerprint density at radius 2 is 0.864 bits per heavy atom. The van der Waals surface area contributed by atoms with Gasteiger partial charge in [-0.15, -0.1) is 0 Å². The van der Waals surface area contributed by atoms with Gasteiger partial charge in [0, 0.05) is 70.1 Å². The molecule has 33 nitrogen and oxygen atoms in total. The van der Waals surface area contributed by atoms with Crippen molar-refractivity contribution in [2.75, 3.05) is 25.2 Å². The van der Waals surface area contributed by atoms with Crippen molar-refractivity contribution < 1.29 is 65.9 Å². The minimum atomic E-state index is -4.67. The molecule has 0 aliphatic carbocycles. The van der Waals surface area contributed by atoms with E-state index in [0.717, 1.165) is 11.4 Å². The average Bonchev–Trinajstić information content (AvgIpc) is 1.64. The number of aldehydes is 1. The smallest absolute Gasteiger partial charge is 0.394 e. The number of rotatable bonds is 16. The van der Waals surface area contributed by atoms with Crippen LogP contribution in [0.3, 0.4) is 0 Å². The van der Waals surface area contributed by atoms with Gasteiger partial charge >= 0.3 is 22.3 Å². The Kier molecular flexibility index (Phi) is 32.9. The number of carbonyl (C=O) groups excluding carboxylic acids is 5. The SMILES string of the molecule is CCOC(=O)C(CCC#N)c1c(C)n(C)n(-c2ccccc2)c1=O.CCOC(=O)C(O)c1c(C)n(C)n(-c2ccccc2)c1=O.Cc1c(C(O)C#N)c(=O)n(-c2ccccc2)n1C.Cc1c(C2OCC(=O)NC2=O)c(=O)n(-c2ccccc2)n1C.Cc1c(C=O)c(=O)n(-c2ccccc2)n1C.N#CCBr.O=S(=O)(O)O. The van der Waals surface area contributed by atoms with E-state index in [2.05, 4.69) is 21.2 Å². The highest BCUT2D eigenvalue weighted by atomic mass is 79.9. The monoisotopic (exact) mass is 1590 g/mol. The second-order valence-electron chi connectivity index (χ2n) is 23.5. The van der Waals surface area contributed by atoms with Crippen LogP contribution in [0.4, 0.5) is 0 Å². The van der Waals surface area contributed by atoms with Crippen LogP contribution in [0, 0.1) is 68.6 Å². The Labute approximate surface area is 639 Å². The van der Waals surface area contributed by atoms with Gasteiger partial charge in [-0.2, -0.15) is 24.2 Å². The molecule has 4 atom stereocenters. The Morgan fingerprint density at radius 3 is 1.21 bits per heavy atom. The van der Waals surface area contributed by atoms with Gasteiger partial charge in [-0.1, -0.05) is 107 Å². The third-order valence-corrected chi connectivity index (χ3v) is 17.2. The molecule has 5 aromatic carbocycles. The molecule has 5 aromatic heterocycles. The summed E-state index contributed by atoms with van der Waals surface area (Å²) in [6.07, 6.45) is -2.98. The second kappa shape index (κ2) is 41.1. The lowest BCUT2D eigenvalue weighted by molar-refractivity contribution is -0.153. The average molecular weight is 1600 g/mol. The lowest BCUT2D eigenvalue weighted by Gasteiger charge is -2.20. The Bertz CT molecular complexity index is 5430. The zero-order valence-corrected chi connectivity index (χ0v) is 64.5. The van der Waals surface area contributed by atoms with Crippen LogP contribution in [0.2, 0.25) is 0 Å². The lowest BCUT2D eigenvalue weighted by atomic mass is 9.95. The van der Waals surface area contributed by atoms with Gasteiger partial charge in [0.15, 0.2) is 24.6 Å². The van der Waals surface area contributed by atoms with Crippen LogP contribution in [0.25, 0.3) is 28.4 Å². The zero-order valence-electron chi connectivity index (χ0n) is 62.1. The number of nitrogens with zero attached hydrogens (tertiary/aromatic N) is 13. The van der Waals surface area contributed by atoms with E-state index >= 15 is 0 Å². The summed E-state index contributed by atoms with van der Waals surface area (Å²) in [6, 6.07) is 51.3. The minimum absolute atomic E-state index is 0.0415. The summed E-state index contributed by atoms with van der Waals surface area (Å²) < 4.78 is 62.4. The van der Waals surface area contributed by atoms with Crippen LogP contribution in [0.1, 0.15) is 112 Å². The summed E-state index contributed by atoms with van der Waals surface area (Å²) >= 11 is 2.89. The molecule has 10 aromatic rings. The Hall–Kier alpha value is -12.4. The van der Waals surface area contributed by atoms with Crippen molar-refractivity contribution in [3.05, 3.63) is 260 Å². The Morgan fingerprint density at radius 1 is 0.536 bits per heavy atom. The second-order valence-corrected chi connectivity index (χ2v) is 25.0. The first-order valence-electron chi connectivity index (χ1n) is 33.4. The fourth-order valence-electron chi connectivity index (χ4n) is 11.3. The molecule has 1 aliphatic heterocycles. The number of amides is 2. The van der Waals surface area contributed by atoms with E-state index in [1.807, 2.05) is 127 Å². The standard InChI is InChI=1S/C18H21N3O3.C15H15N3O4.C15H18N2O4.C13H13N3O2.C12H12N2O2.C2H2BrN.H2O4S/c1-4-24-18(23)15(11-8-12-19)16-13(2)20(3)21(17(16)22)14-9-6-5-7-10-14;1-9-12(13-14(20)16-11(19)8-22-13)15(21)18(17(9)2)10-6-4-3-5-7-10;1-4-21-15(20)13(18)12-10(2)16(3)17(14(12)19)11-8-6-5-7-9-11;1-9-12(11(17)8-14)13(18)16(15(9)2)10-6-4-3-5-7-10;1-9-11(8-15)12(16)14(13(9)2)10-6-4-3-5-7-10;3-1-2-4;1-5(2,3)4/h5-7,9-10,15H,4,8,11H2,1-3H3;3-7,13H,8H2,1-2H3,(H,16,19,20);5-9,13,18H,4H2,1-3H3;3-7,11,17H,1-2H3;3-8H,1-2H3;1H2;(H2,1,2,3,4). The van der Waals surface area contributed by atoms with Crippen LogP contribution < -0.4 is 33.1 Å². The van der Waals surface area contributed by atoms with E-state index in [0.29, 0.717) is 62.7 Å². The number of benzene rings is 5. The number of morpholine rings is 1. The first-order valence-corrected chi connectivity index (χ1v) is 35.9. The van der Waals surface area contributed by atoms with Crippen molar-refractivity contribution in [1.29, 1.82) is 15.8 Å². The topological polar surface area (TPSA) is 446 Å². The number of aliphatic hydroxyl groups is 2. The molecule has 580 valence electrons.